The van der Waals surface area contributed by atoms with Crippen molar-refractivity contribution < 1.29 is 13.9 Å². The van der Waals surface area contributed by atoms with Crippen LogP contribution in [0.1, 0.15) is 5.56 Å². The summed E-state index contributed by atoms with van der Waals surface area (Å²) in [4.78, 5) is 11.5. The van der Waals surface area contributed by atoms with E-state index in [2.05, 4.69) is 0 Å². The van der Waals surface area contributed by atoms with Crippen molar-refractivity contribution in [1.29, 1.82) is 0 Å². The molecule has 4 nitrogen and oxygen atoms in total. The van der Waals surface area contributed by atoms with Crippen LogP contribution in [-0.4, -0.2) is 18.6 Å². The van der Waals surface area contributed by atoms with E-state index in [-0.39, 0.29) is 5.63 Å². The van der Waals surface area contributed by atoms with Gasteiger partial charge in [0.05, 0.1) is 14.2 Å². The number of fused-ring (bicyclic) bond motifs is 1. The largest absolute Gasteiger partial charge is 0.497 e. The summed E-state index contributed by atoms with van der Waals surface area (Å²) in [6.45, 7) is 0. The van der Waals surface area contributed by atoms with Gasteiger partial charge in [0.25, 0.3) is 0 Å². The monoisotopic (exact) mass is 296 g/mol. The summed E-state index contributed by atoms with van der Waals surface area (Å²) in [5, 5.41) is 0.838. The lowest BCUT2D eigenvalue weighted by Crippen LogP contribution is -2.01. The molecule has 0 aliphatic rings. The third-order valence-corrected chi connectivity index (χ3v) is 3.93. The molecule has 1 aromatic heterocycles. The fourth-order valence-electron chi connectivity index (χ4n) is 1.65. The van der Waals surface area contributed by atoms with Gasteiger partial charge >= 0.3 is 5.63 Å². The molecule has 0 radical (unpaired) electrons. The van der Waals surface area contributed by atoms with E-state index in [1.807, 2.05) is 6.07 Å². The number of rotatable bonds is 3. The van der Waals surface area contributed by atoms with Crippen LogP contribution in [0.5, 0.6) is 5.75 Å². The molecule has 0 bridgehead atoms. The molecular formula is C13H12O4S2. The first kappa shape index (κ1) is 13.9. The van der Waals surface area contributed by atoms with Crippen LogP contribution in [0, 0.1) is 0 Å². The maximum atomic E-state index is 11.5. The normalized spacial score (nSPS) is 10.4. The first-order valence-electron chi connectivity index (χ1n) is 5.45. The zero-order valence-electron chi connectivity index (χ0n) is 10.5. The van der Waals surface area contributed by atoms with E-state index >= 15 is 0 Å². The molecule has 0 amide bonds. The zero-order valence-corrected chi connectivity index (χ0v) is 12.1. The Morgan fingerprint density at radius 3 is 2.84 bits per heavy atom. The number of thiocarbonyl (C=S) groups is 1. The Hall–Kier alpha value is -1.53. The third kappa shape index (κ3) is 3.27. The molecule has 0 saturated heterocycles. The number of methoxy groups -OCH3 is 2. The second kappa shape index (κ2) is 6.08. The van der Waals surface area contributed by atoms with Crippen LogP contribution in [0.15, 0.2) is 33.5 Å². The molecular weight excluding hydrogens is 284 g/mol. The summed E-state index contributed by atoms with van der Waals surface area (Å²) in [5.74, 6) is 1.25. The van der Waals surface area contributed by atoms with E-state index in [1.165, 1.54) is 24.9 Å². The molecule has 100 valence electrons. The summed E-state index contributed by atoms with van der Waals surface area (Å²) in [7, 11) is 3.12. The first-order valence-corrected chi connectivity index (χ1v) is 6.85. The van der Waals surface area contributed by atoms with Gasteiger partial charge in [-0.2, -0.15) is 0 Å². The molecule has 0 spiro atoms. The lowest BCUT2D eigenvalue weighted by Gasteiger charge is -2.07. The van der Waals surface area contributed by atoms with Crippen LogP contribution in [0.3, 0.4) is 0 Å². The van der Waals surface area contributed by atoms with Gasteiger partial charge in [-0.1, -0.05) is 11.8 Å². The first-order chi connectivity index (χ1) is 9.13. The van der Waals surface area contributed by atoms with Gasteiger partial charge in [0, 0.05) is 17.2 Å². The summed E-state index contributed by atoms with van der Waals surface area (Å²) in [6, 6.07) is 6.78. The van der Waals surface area contributed by atoms with Crippen LogP contribution in [0.4, 0.5) is 0 Å². The van der Waals surface area contributed by atoms with Crippen LogP contribution >= 0.6 is 24.0 Å². The molecule has 19 heavy (non-hydrogen) atoms. The Labute approximate surface area is 119 Å². The lowest BCUT2D eigenvalue weighted by atomic mass is 10.1. The van der Waals surface area contributed by atoms with E-state index in [4.69, 9.17) is 26.1 Å². The number of thioether (sulfide) groups is 1. The number of hydrogen-bond donors (Lipinski definition) is 0. The zero-order chi connectivity index (χ0) is 13.8. The van der Waals surface area contributed by atoms with Crippen molar-refractivity contribution in [2.45, 2.75) is 5.75 Å². The van der Waals surface area contributed by atoms with Crippen molar-refractivity contribution in [2.24, 2.45) is 0 Å². The van der Waals surface area contributed by atoms with Gasteiger partial charge in [-0.05, 0) is 36.0 Å². The fourth-order valence-corrected chi connectivity index (χ4v) is 2.46. The average molecular weight is 296 g/mol. The predicted molar refractivity (Wildman–Crippen MR) is 79.9 cm³/mol. The molecule has 0 unspecified atom stereocenters. The highest BCUT2D eigenvalue weighted by atomic mass is 32.2. The minimum atomic E-state index is -0.378. The van der Waals surface area contributed by atoms with E-state index in [0.717, 1.165) is 10.9 Å². The topological polar surface area (TPSA) is 48.7 Å². The maximum Gasteiger partial charge on any atom is 0.336 e. The van der Waals surface area contributed by atoms with Crippen LogP contribution < -0.4 is 10.4 Å². The van der Waals surface area contributed by atoms with Gasteiger partial charge in [0.15, 0.2) is 0 Å². The van der Waals surface area contributed by atoms with Crippen LogP contribution in [-0.2, 0) is 10.5 Å². The fraction of sp³-hybridized carbons (Fsp3) is 0.231. The average Bonchev–Trinajstić information content (AvgIpc) is 2.43. The summed E-state index contributed by atoms with van der Waals surface area (Å²) in [6.07, 6.45) is 0. The van der Waals surface area contributed by atoms with Gasteiger partial charge < -0.3 is 13.9 Å². The van der Waals surface area contributed by atoms with Crippen LogP contribution in [0.25, 0.3) is 11.0 Å². The molecule has 0 fully saturated rings. The molecule has 2 aromatic rings. The predicted octanol–water partition coefficient (Wildman–Crippen LogP) is 2.97. The highest BCUT2D eigenvalue weighted by Gasteiger charge is 2.08. The molecule has 0 saturated carbocycles. The Kier molecular flexibility index (Phi) is 4.44. The molecule has 0 aliphatic heterocycles. The second-order valence-corrected chi connectivity index (χ2v) is 5.27. The molecule has 6 heteroatoms. The van der Waals surface area contributed by atoms with E-state index < -0.39 is 0 Å². The van der Waals surface area contributed by atoms with E-state index in [9.17, 15) is 4.79 Å². The van der Waals surface area contributed by atoms with Crippen molar-refractivity contribution in [3.05, 3.63) is 40.2 Å². The van der Waals surface area contributed by atoms with Gasteiger partial charge in [0.1, 0.15) is 11.3 Å². The number of ether oxygens (including phenoxy) is 2. The summed E-state index contributed by atoms with van der Waals surface area (Å²) >= 11 is 6.33. The highest BCUT2D eigenvalue weighted by molar-refractivity contribution is 8.22. The maximum absolute atomic E-state index is 11.5. The molecule has 0 atom stereocenters. The van der Waals surface area contributed by atoms with Crippen molar-refractivity contribution in [3.63, 3.8) is 0 Å². The van der Waals surface area contributed by atoms with Crippen molar-refractivity contribution >= 4 is 39.3 Å². The summed E-state index contributed by atoms with van der Waals surface area (Å²) < 4.78 is 15.7. The van der Waals surface area contributed by atoms with Crippen molar-refractivity contribution in [2.75, 3.05) is 14.2 Å². The molecule has 0 aliphatic carbocycles. The minimum absolute atomic E-state index is 0.378. The van der Waals surface area contributed by atoms with Gasteiger partial charge in [-0.3, -0.25) is 0 Å². The minimum Gasteiger partial charge on any atom is -0.497 e. The Bertz CT molecular complexity index is 663. The van der Waals surface area contributed by atoms with E-state index in [0.29, 0.717) is 21.5 Å². The third-order valence-electron chi connectivity index (χ3n) is 2.55. The van der Waals surface area contributed by atoms with Crippen molar-refractivity contribution in [1.82, 2.24) is 0 Å². The van der Waals surface area contributed by atoms with Gasteiger partial charge in [-0.15, -0.1) is 0 Å². The smallest absolute Gasteiger partial charge is 0.336 e. The number of benzene rings is 1. The summed E-state index contributed by atoms with van der Waals surface area (Å²) in [5.41, 5.74) is 0.999. The Morgan fingerprint density at radius 2 is 2.16 bits per heavy atom. The molecule has 1 heterocycles. The second-order valence-electron chi connectivity index (χ2n) is 3.70. The number of hydrogen-bond acceptors (Lipinski definition) is 6. The lowest BCUT2D eigenvalue weighted by molar-refractivity contribution is 0.415. The van der Waals surface area contributed by atoms with Crippen LogP contribution in [0.2, 0.25) is 0 Å². The molecule has 0 N–H and O–H groups in total. The Balaban J connectivity index is 2.45. The van der Waals surface area contributed by atoms with Gasteiger partial charge in [-0.25, -0.2) is 4.79 Å². The Morgan fingerprint density at radius 1 is 1.37 bits per heavy atom. The standard InChI is InChI=1S/C13H12O4S2/c1-15-9-3-4-11-10(6-9)8(5-12(14)17-11)7-19-13(18)16-2/h3-6H,7H2,1-2H3. The SMILES string of the molecule is COC(=S)SCc1cc(=O)oc2ccc(OC)cc12. The van der Waals surface area contributed by atoms with Gasteiger partial charge in [0.2, 0.25) is 4.38 Å². The van der Waals surface area contributed by atoms with Crippen molar-refractivity contribution in [3.8, 4) is 5.75 Å². The highest BCUT2D eigenvalue weighted by Crippen LogP contribution is 2.25. The van der Waals surface area contributed by atoms with E-state index in [1.54, 1.807) is 19.2 Å². The molecule has 1 aromatic carbocycles. The molecule has 2 rings (SSSR count). The quantitative estimate of drug-likeness (QED) is 0.641.